The monoisotopic (exact) mass is 256 g/mol. The average molecular weight is 256 g/mol. The quantitative estimate of drug-likeness (QED) is 0.716. The van der Waals surface area contributed by atoms with Gasteiger partial charge in [-0.3, -0.25) is 0 Å². The zero-order valence-electron chi connectivity index (χ0n) is 10.8. The normalized spacial score (nSPS) is 36.2. The molecule has 2 atom stereocenters. The van der Waals surface area contributed by atoms with Gasteiger partial charge in [-0.05, 0) is 33.1 Å². The molecule has 2 aliphatic rings. The second kappa shape index (κ2) is 4.12. The molecule has 2 unspecified atom stereocenters. The number of aliphatic carboxylic acids is 1. The summed E-state index contributed by atoms with van der Waals surface area (Å²) in [6.07, 6.45) is 1.73. The molecule has 0 aromatic heterocycles. The number of amides is 2. The Kier molecular flexibility index (Phi) is 3.01. The first-order chi connectivity index (χ1) is 8.26. The first-order valence-electron chi connectivity index (χ1n) is 6.29. The van der Waals surface area contributed by atoms with Crippen molar-refractivity contribution in [3.05, 3.63) is 0 Å². The fourth-order valence-electron chi connectivity index (χ4n) is 2.77. The van der Waals surface area contributed by atoms with Gasteiger partial charge in [-0.1, -0.05) is 0 Å². The number of likely N-dealkylation sites (tertiary alicyclic amines) is 2. The lowest BCUT2D eigenvalue weighted by atomic mass is 10.00. The molecule has 0 aliphatic carbocycles. The predicted octanol–water partition coefficient (Wildman–Crippen LogP) is 0.502. The standard InChI is InChI=1S/C12H20N2O4/c1-11(18)5-7-13(8-11)10(17)14-6-3-4-12(14,2)9(15)16/h18H,3-8H2,1-2H3,(H,15,16). The molecule has 2 amide bonds. The van der Waals surface area contributed by atoms with E-state index in [4.69, 9.17) is 0 Å². The predicted molar refractivity (Wildman–Crippen MR) is 64.2 cm³/mol. The van der Waals surface area contributed by atoms with Crippen molar-refractivity contribution in [2.75, 3.05) is 19.6 Å². The van der Waals surface area contributed by atoms with Gasteiger partial charge in [0.05, 0.1) is 12.1 Å². The minimum atomic E-state index is -1.11. The molecule has 0 saturated carbocycles. The zero-order valence-corrected chi connectivity index (χ0v) is 10.8. The maximum Gasteiger partial charge on any atom is 0.329 e. The Morgan fingerprint density at radius 1 is 1.17 bits per heavy atom. The van der Waals surface area contributed by atoms with Gasteiger partial charge in [0, 0.05) is 13.1 Å². The Labute approximate surface area is 106 Å². The number of hydrogen-bond acceptors (Lipinski definition) is 3. The summed E-state index contributed by atoms with van der Waals surface area (Å²) in [5.74, 6) is -0.959. The second-order valence-corrected chi connectivity index (χ2v) is 5.79. The highest BCUT2D eigenvalue weighted by Crippen LogP contribution is 2.32. The van der Waals surface area contributed by atoms with Crippen molar-refractivity contribution in [2.24, 2.45) is 0 Å². The maximum absolute atomic E-state index is 12.3. The molecule has 2 N–H and O–H groups in total. The molecule has 2 rings (SSSR count). The number of carbonyl (C=O) groups excluding carboxylic acids is 1. The van der Waals surface area contributed by atoms with E-state index in [1.165, 1.54) is 4.90 Å². The maximum atomic E-state index is 12.3. The van der Waals surface area contributed by atoms with E-state index < -0.39 is 17.1 Å². The van der Waals surface area contributed by atoms with E-state index >= 15 is 0 Å². The zero-order chi connectivity index (χ0) is 13.6. The SMILES string of the molecule is CC1(O)CCN(C(=O)N2CCCC2(C)C(=O)O)C1. The summed E-state index contributed by atoms with van der Waals surface area (Å²) in [7, 11) is 0. The summed E-state index contributed by atoms with van der Waals surface area (Å²) >= 11 is 0. The molecular weight excluding hydrogens is 236 g/mol. The Morgan fingerprint density at radius 2 is 1.83 bits per heavy atom. The number of aliphatic hydroxyl groups is 1. The summed E-state index contributed by atoms with van der Waals surface area (Å²) in [5, 5.41) is 19.1. The van der Waals surface area contributed by atoms with Crippen LogP contribution < -0.4 is 0 Å². The summed E-state index contributed by atoms with van der Waals surface area (Å²) in [5.41, 5.74) is -1.96. The van der Waals surface area contributed by atoms with Gasteiger partial charge < -0.3 is 20.0 Å². The van der Waals surface area contributed by atoms with Crippen molar-refractivity contribution in [1.29, 1.82) is 0 Å². The molecule has 0 radical (unpaired) electrons. The lowest BCUT2D eigenvalue weighted by molar-refractivity contribution is -0.147. The number of carboxylic acids is 1. The highest BCUT2D eigenvalue weighted by Gasteiger charge is 2.48. The van der Waals surface area contributed by atoms with Gasteiger partial charge in [0.15, 0.2) is 0 Å². The summed E-state index contributed by atoms with van der Waals surface area (Å²) in [6.45, 7) is 4.52. The Balaban J connectivity index is 2.12. The third-order valence-electron chi connectivity index (χ3n) is 4.05. The van der Waals surface area contributed by atoms with Gasteiger partial charge in [-0.25, -0.2) is 9.59 Å². The summed E-state index contributed by atoms with van der Waals surface area (Å²) < 4.78 is 0. The Bertz CT molecular complexity index is 382. The summed E-state index contributed by atoms with van der Waals surface area (Å²) in [4.78, 5) is 26.6. The molecule has 0 spiro atoms. The van der Waals surface area contributed by atoms with E-state index in [1.807, 2.05) is 0 Å². The molecule has 18 heavy (non-hydrogen) atoms. The average Bonchev–Trinajstić information content (AvgIpc) is 2.82. The topological polar surface area (TPSA) is 81.1 Å². The lowest BCUT2D eigenvalue weighted by Crippen LogP contribution is -2.55. The van der Waals surface area contributed by atoms with Crippen LogP contribution in [0.2, 0.25) is 0 Å². The Morgan fingerprint density at radius 3 is 2.33 bits per heavy atom. The van der Waals surface area contributed by atoms with Gasteiger partial charge in [0.2, 0.25) is 0 Å². The molecule has 0 aromatic carbocycles. The van der Waals surface area contributed by atoms with Crippen LogP contribution in [0.5, 0.6) is 0 Å². The highest BCUT2D eigenvalue weighted by molar-refractivity contribution is 5.86. The molecule has 6 heteroatoms. The van der Waals surface area contributed by atoms with Crippen LogP contribution >= 0.6 is 0 Å². The van der Waals surface area contributed by atoms with E-state index in [9.17, 15) is 19.8 Å². The second-order valence-electron chi connectivity index (χ2n) is 5.79. The fourth-order valence-corrected chi connectivity index (χ4v) is 2.77. The van der Waals surface area contributed by atoms with Gasteiger partial charge in [0.1, 0.15) is 5.54 Å². The first-order valence-corrected chi connectivity index (χ1v) is 6.29. The van der Waals surface area contributed by atoms with Crippen molar-refractivity contribution < 1.29 is 19.8 Å². The number of hydrogen-bond donors (Lipinski definition) is 2. The molecule has 2 heterocycles. The molecule has 6 nitrogen and oxygen atoms in total. The van der Waals surface area contributed by atoms with Gasteiger partial charge >= 0.3 is 12.0 Å². The molecule has 2 fully saturated rings. The third-order valence-corrected chi connectivity index (χ3v) is 4.05. The van der Waals surface area contributed by atoms with Crippen LogP contribution in [0.4, 0.5) is 4.79 Å². The van der Waals surface area contributed by atoms with E-state index in [1.54, 1.807) is 18.7 Å². The number of nitrogens with zero attached hydrogens (tertiary/aromatic N) is 2. The first kappa shape index (κ1) is 13.1. The smallest absolute Gasteiger partial charge is 0.329 e. The molecule has 2 saturated heterocycles. The summed E-state index contributed by atoms with van der Waals surface area (Å²) in [6, 6.07) is -0.268. The largest absolute Gasteiger partial charge is 0.480 e. The number of carboxylic acid groups (broad SMARTS) is 1. The van der Waals surface area contributed by atoms with E-state index in [0.717, 1.165) is 0 Å². The van der Waals surface area contributed by atoms with Crippen LogP contribution in [0, 0.1) is 0 Å². The molecular formula is C12H20N2O4. The Hall–Kier alpha value is -1.30. The third kappa shape index (κ3) is 2.05. The van der Waals surface area contributed by atoms with Crippen LogP contribution in [0.1, 0.15) is 33.1 Å². The van der Waals surface area contributed by atoms with E-state index in [2.05, 4.69) is 0 Å². The van der Waals surface area contributed by atoms with Crippen LogP contribution in [-0.4, -0.2) is 62.8 Å². The lowest BCUT2D eigenvalue weighted by Gasteiger charge is -2.34. The van der Waals surface area contributed by atoms with Crippen LogP contribution in [-0.2, 0) is 4.79 Å². The molecule has 0 aromatic rings. The number of carbonyl (C=O) groups is 2. The van der Waals surface area contributed by atoms with Crippen molar-refractivity contribution in [2.45, 2.75) is 44.2 Å². The van der Waals surface area contributed by atoms with Crippen LogP contribution in [0.15, 0.2) is 0 Å². The van der Waals surface area contributed by atoms with Crippen molar-refractivity contribution >= 4 is 12.0 Å². The van der Waals surface area contributed by atoms with E-state index in [0.29, 0.717) is 32.4 Å². The number of rotatable bonds is 1. The van der Waals surface area contributed by atoms with Crippen molar-refractivity contribution in [1.82, 2.24) is 9.80 Å². The fraction of sp³-hybridized carbons (Fsp3) is 0.833. The van der Waals surface area contributed by atoms with Crippen molar-refractivity contribution in [3.63, 3.8) is 0 Å². The van der Waals surface area contributed by atoms with Crippen molar-refractivity contribution in [3.8, 4) is 0 Å². The van der Waals surface area contributed by atoms with Crippen LogP contribution in [0.3, 0.4) is 0 Å². The van der Waals surface area contributed by atoms with Crippen LogP contribution in [0.25, 0.3) is 0 Å². The molecule has 2 aliphatic heterocycles. The minimum Gasteiger partial charge on any atom is -0.480 e. The van der Waals surface area contributed by atoms with Gasteiger partial charge in [-0.2, -0.15) is 0 Å². The molecule has 102 valence electrons. The van der Waals surface area contributed by atoms with Gasteiger partial charge in [0.25, 0.3) is 0 Å². The minimum absolute atomic E-state index is 0.268. The number of urea groups is 1. The van der Waals surface area contributed by atoms with Gasteiger partial charge in [-0.15, -0.1) is 0 Å². The molecule has 0 bridgehead atoms. The number of β-amino-alcohol motifs (C(OH)–C–C–N with tert-alkyl or cyclic N) is 1. The van der Waals surface area contributed by atoms with E-state index in [-0.39, 0.29) is 12.6 Å². The highest BCUT2D eigenvalue weighted by atomic mass is 16.4.